The molecule has 0 aliphatic heterocycles. The largest absolute Gasteiger partial charge is 0.0933 e. The van der Waals surface area contributed by atoms with Crippen molar-refractivity contribution >= 4 is 11.6 Å². The smallest absolute Gasteiger partial charge is 0.000525 e. The summed E-state index contributed by atoms with van der Waals surface area (Å²) in [4.78, 5) is 0. The predicted octanol–water partition coefficient (Wildman–Crippen LogP) is 9.59. The minimum atomic E-state index is 0.746. The van der Waals surface area contributed by atoms with E-state index in [1.54, 1.807) is 16.7 Å². The van der Waals surface area contributed by atoms with Gasteiger partial charge in [0.2, 0.25) is 0 Å². The summed E-state index contributed by atoms with van der Waals surface area (Å²) in [6.45, 7) is 2.34. The van der Waals surface area contributed by atoms with Gasteiger partial charge in [0.25, 0.3) is 0 Å². The topological polar surface area (TPSA) is 0 Å². The lowest BCUT2D eigenvalue weighted by Gasteiger charge is -2.37. The third-order valence-electron chi connectivity index (χ3n) is 9.02. The van der Waals surface area contributed by atoms with Crippen LogP contribution in [0.3, 0.4) is 0 Å². The van der Waals surface area contributed by atoms with Crippen LogP contribution in [0.1, 0.15) is 120 Å². The highest BCUT2D eigenvalue weighted by molar-refractivity contribution is 6.25. The lowest BCUT2D eigenvalue weighted by atomic mass is 9.68. The summed E-state index contributed by atoms with van der Waals surface area (Å²) in [5.41, 5.74) is 4.97. The number of benzene rings is 1. The first-order valence-corrected chi connectivity index (χ1v) is 13.6. The lowest BCUT2D eigenvalue weighted by Crippen LogP contribution is -2.25. The zero-order valence-electron chi connectivity index (χ0n) is 19.2. The van der Waals surface area contributed by atoms with Crippen molar-refractivity contribution in [2.45, 2.75) is 109 Å². The second-order valence-corrected chi connectivity index (χ2v) is 11.0. The molecule has 1 heteroatoms. The fraction of sp³-hybridized carbons (Fsp3) is 0.724. The molecule has 1 aromatic rings. The summed E-state index contributed by atoms with van der Waals surface area (Å²) in [6.07, 6.45) is 22.1. The lowest BCUT2D eigenvalue weighted by molar-refractivity contribution is 0.171. The van der Waals surface area contributed by atoms with Gasteiger partial charge in [-0.2, -0.15) is 0 Å². The minimum absolute atomic E-state index is 0.746. The average Bonchev–Trinajstić information content (AvgIpc) is 2.81. The summed E-state index contributed by atoms with van der Waals surface area (Å²) in [6, 6.07) is 9.94. The Morgan fingerprint density at radius 3 is 1.63 bits per heavy atom. The average molecular weight is 427 g/mol. The fourth-order valence-electron chi connectivity index (χ4n) is 7.07. The van der Waals surface area contributed by atoms with Crippen LogP contribution in [-0.2, 0) is 0 Å². The van der Waals surface area contributed by atoms with E-state index in [1.165, 1.54) is 89.9 Å². The summed E-state index contributed by atoms with van der Waals surface area (Å²) < 4.78 is 0. The monoisotopic (exact) mass is 426 g/mol. The highest BCUT2D eigenvalue weighted by Crippen LogP contribution is 2.44. The van der Waals surface area contributed by atoms with E-state index in [1.807, 2.05) is 0 Å². The fourth-order valence-corrected chi connectivity index (χ4v) is 7.27. The molecule has 0 unspecified atom stereocenters. The van der Waals surface area contributed by atoms with E-state index in [4.69, 9.17) is 11.6 Å². The van der Waals surface area contributed by atoms with Gasteiger partial charge in [-0.3, -0.25) is 0 Å². The molecule has 3 saturated carbocycles. The van der Waals surface area contributed by atoms with Crippen molar-refractivity contribution in [1.29, 1.82) is 0 Å². The minimum Gasteiger partial charge on any atom is -0.0933 e. The Labute approximate surface area is 190 Å². The van der Waals surface area contributed by atoms with Gasteiger partial charge in [0.1, 0.15) is 0 Å². The number of allylic oxidation sites excluding steroid dienone is 1. The Kier molecular flexibility index (Phi) is 8.39. The summed E-state index contributed by atoms with van der Waals surface area (Å²) in [7, 11) is 0. The zero-order valence-corrected chi connectivity index (χ0v) is 20.0. The maximum absolute atomic E-state index is 5.78. The van der Waals surface area contributed by atoms with Gasteiger partial charge in [-0.15, -0.1) is 0 Å². The number of halogens is 1. The molecule has 30 heavy (non-hydrogen) atoms. The van der Waals surface area contributed by atoms with Gasteiger partial charge in [0, 0.05) is 5.54 Å². The first-order chi connectivity index (χ1) is 14.8. The van der Waals surface area contributed by atoms with Crippen LogP contribution in [0, 0.1) is 23.7 Å². The van der Waals surface area contributed by atoms with Crippen LogP contribution in [0.15, 0.2) is 35.9 Å². The summed E-state index contributed by atoms with van der Waals surface area (Å²) >= 11 is 5.78. The van der Waals surface area contributed by atoms with Crippen LogP contribution in [0.25, 0.3) is 0 Å². The van der Waals surface area contributed by atoms with Gasteiger partial charge < -0.3 is 0 Å². The van der Waals surface area contributed by atoms with Crippen LogP contribution < -0.4 is 0 Å². The van der Waals surface area contributed by atoms with Crippen LogP contribution in [0.4, 0.5) is 0 Å². The molecule has 0 saturated heterocycles. The quantitative estimate of drug-likeness (QED) is 0.424. The van der Waals surface area contributed by atoms with Gasteiger partial charge in [-0.25, -0.2) is 0 Å². The van der Waals surface area contributed by atoms with Crippen molar-refractivity contribution < 1.29 is 0 Å². The second kappa shape index (κ2) is 11.2. The number of hydrogen-bond donors (Lipinski definition) is 0. The standard InChI is InChI=1S/C29H43Cl/c1-2-3-22-4-8-24(9-5-22)26-12-16-28(17-13-26)29-18-14-27(15-19-29)25-10-6-23(7-11-25)20-21-30/h12-13,16-17,20-25,27,29H,2-11,14-15,18-19H2,1H3/b21-20+. The molecule has 3 fully saturated rings. The molecule has 0 amide bonds. The first-order valence-electron chi connectivity index (χ1n) is 13.1. The molecular weight excluding hydrogens is 384 g/mol. The molecule has 3 aliphatic carbocycles. The number of rotatable bonds is 6. The molecule has 0 aromatic heterocycles. The highest BCUT2D eigenvalue weighted by atomic mass is 35.5. The molecule has 0 spiro atoms. The molecule has 0 bridgehead atoms. The Bertz CT molecular complexity index is 635. The molecule has 0 N–H and O–H groups in total. The Morgan fingerprint density at radius 1 is 0.700 bits per heavy atom. The Morgan fingerprint density at radius 2 is 1.17 bits per heavy atom. The van der Waals surface area contributed by atoms with Crippen molar-refractivity contribution in [2.75, 3.05) is 0 Å². The SMILES string of the molecule is CCCC1CCC(c2ccc(C3CCC(C4CCC(/C=C/Cl)CC4)CC3)cc2)CC1. The van der Waals surface area contributed by atoms with E-state index >= 15 is 0 Å². The predicted molar refractivity (Wildman–Crippen MR) is 131 cm³/mol. The van der Waals surface area contributed by atoms with Gasteiger partial charge in [0.05, 0.1) is 0 Å². The molecule has 4 rings (SSSR count). The molecular formula is C29H43Cl. The van der Waals surface area contributed by atoms with Gasteiger partial charge in [-0.05, 0) is 124 Å². The molecule has 166 valence electrons. The molecule has 0 atom stereocenters. The third-order valence-corrected chi connectivity index (χ3v) is 9.17. The molecule has 0 radical (unpaired) electrons. The molecule has 0 nitrogen and oxygen atoms in total. The van der Waals surface area contributed by atoms with Crippen molar-refractivity contribution in [3.63, 3.8) is 0 Å². The molecule has 1 aromatic carbocycles. The summed E-state index contributed by atoms with van der Waals surface area (Å²) in [5.74, 6) is 5.36. The van der Waals surface area contributed by atoms with Gasteiger partial charge in [-0.1, -0.05) is 61.7 Å². The van der Waals surface area contributed by atoms with E-state index in [2.05, 4.69) is 37.3 Å². The van der Waals surface area contributed by atoms with E-state index in [0.717, 1.165) is 35.5 Å². The van der Waals surface area contributed by atoms with Crippen molar-refractivity contribution in [2.24, 2.45) is 23.7 Å². The van der Waals surface area contributed by atoms with E-state index in [-0.39, 0.29) is 0 Å². The van der Waals surface area contributed by atoms with E-state index < -0.39 is 0 Å². The Hall–Kier alpha value is -0.750. The Balaban J connectivity index is 1.23. The highest BCUT2D eigenvalue weighted by Gasteiger charge is 2.31. The van der Waals surface area contributed by atoms with Crippen molar-refractivity contribution in [1.82, 2.24) is 0 Å². The van der Waals surface area contributed by atoms with Crippen molar-refractivity contribution in [3.05, 3.63) is 47.0 Å². The van der Waals surface area contributed by atoms with Gasteiger partial charge in [0.15, 0.2) is 0 Å². The first kappa shape index (κ1) is 22.4. The van der Waals surface area contributed by atoms with Crippen LogP contribution in [-0.4, -0.2) is 0 Å². The maximum atomic E-state index is 5.78. The van der Waals surface area contributed by atoms with Crippen LogP contribution >= 0.6 is 11.6 Å². The third kappa shape index (κ3) is 5.73. The van der Waals surface area contributed by atoms with E-state index in [0.29, 0.717) is 0 Å². The van der Waals surface area contributed by atoms with Crippen LogP contribution in [0.2, 0.25) is 0 Å². The van der Waals surface area contributed by atoms with E-state index in [9.17, 15) is 0 Å². The van der Waals surface area contributed by atoms with Gasteiger partial charge >= 0.3 is 0 Å². The maximum Gasteiger partial charge on any atom is 0.000525 e. The van der Waals surface area contributed by atoms with Crippen LogP contribution in [0.5, 0.6) is 0 Å². The van der Waals surface area contributed by atoms with Crippen molar-refractivity contribution in [3.8, 4) is 0 Å². The molecule has 3 aliphatic rings. The summed E-state index contributed by atoms with van der Waals surface area (Å²) in [5, 5.41) is 0. The zero-order chi connectivity index (χ0) is 20.8. The normalized spacial score (nSPS) is 35.5. The number of hydrogen-bond acceptors (Lipinski definition) is 0. The second-order valence-electron chi connectivity index (χ2n) is 10.8. The molecule has 0 heterocycles.